The lowest BCUT2D eigenvalue weighted by molar-refractivity contribution is -0.125. The highest BCUT2D eigenvalue weighted by molar-refractivity contribution is 5.79. The predicted octanol–water partition coefficient (Wildman–Crippen LogP) is 3.06. The zero-order valence-electron chi connectivity index (χ0n) is 15.3. The first-order valence-corrected chi connectivity index (χ1v) is 9.03. The van der Waals surface area contributed by atoms with Crippen LogP contribution in [0.3, 0.4) is 0 Å². The zero-order chi connectivity index (χ0) is 18.4. The van der Waals surface area contributed by atoms with Crippen LogP contribution in [0.5, 0.6) is 11.5 Å². The van der Waals surface area contributed by atoms with Gasteiger partial charge in [-0.1, -0.05) is 36.4 Å². The number of rotatable bonds is 7. The van der Waals surface area contributed by atoms with Crippen molar-refractivity contribution in [3.05, 3.63) is 59.7 Å². The van der Waals surface area contributed by atoms with Gasteiger partial charge in [0.15, 0.2) is 11.5 Å². The van der Waals surface area contributed by atoms with Gasteiger partial charge in [-0.2, -0.15) is 0 Å². The number of ether oxygens (including phenoxy) is 2. The average molecular weight is 354 g/mol. The van der Waals surface area contributed by atoms with Crippen LogP contribution >= 0.6 is 0 Å². The second kappa shape index (κ2) is 8.72. The van der Waals surface area contributed by atoms with Crippen LogP contribution in [0.15, 0.2) is 48.5 Å². The maximum Gasteiger partial charge on any atom is 0.224 e. The van der Waals surface area contributed by atoms with Crippen molar-refractivity contribution in [3.63, 3.8) is 0 Å². The van der Waals surface area contributed by atoms with Gasteiger partial charge in [0.05, 0.1) is 19.1 Å². The van der Waals surface area contributed by atoms with E-state index in [9.17, 15) is 4.79 Å². The third kappa shape index (κ3) is 4.55. The summed E-state index contributed by atoms with van der Waals surface area (Å²) < 4.78 is 11.4. The van der Waals surface area contributed by atoms with Gasteiger partial charge in [-0.05, 0) is 43.1 Å². The van der Waals surface area contributed by atoms with Crippen molar-refractivity contribution in [3.8, 4) is 11.5 Å². The number of hydrogen-bond acceptors (Lipinski definition) is 4. The Hall–Kier alpha value is -2.53. The Kier molecular flexibility index (Phi) is 6.12. The molecular formula is C21H26N2O3. The molecular weight excluding hydrogens is 328 g/mol. The number of hydrogen-bond donors (Lipinski definition) is 2. The van der Waals surface area contributed by atoms with E-state index >= 15 is 0 Å². The molecule has 1 amide bonds. The van der Waals surface area contributed by atoms with Crippen molar-refractivity contribution in [1.82, 2.24) is 10.6 Å². The molecule has 138 valence electrons. The van der Waals surface area contributed by atoms with Crippen molar-refractivity contribution < 1.29 is 14.3 Å². The largest absolute Gasteiger partial charge is 0.493 e. The predicted molar refractivity (Wildman–Crippen MR) is 101 cm³/mol. The van der Waals surface area contributed by atoms with Crippen LogP contribution in [-0.4, -0.2) is 26.1 Å². The summed E-state index contributed by atoms with van der Waals surface area (Å²) in [6.07, 6.45) is 0.897. The maximum absolute atomic E-state index is 12.3. The summed E-state index contributed by atoms with van der Waals surface area (Å²) in [5, 5.41) is 6.31. The summed E-state index contributed by atoms with van der Waals surface area (Å²) in [6.45, 7) is 4.14. The SMILES string of the molecule is COc1cc(C(C)NC(=O)C2CCNC2)ccc1OCc1ccccc1. The smallest absolute Gasteiger partial charge is 0.224 e. The first-order chi connectivity index (χ1) is 12.7. The van der Waals surface area contributed by atoms with Crippen LogP contribution in [0.4, 0.5) is 0 Å². The lowest BCUT2D eigenvalue weighted by Gasteiger charge is -2.19. The van der Waals surface area contributed by atoms with Gasteiger partial charge in [-0.15, -0.1) is 0 Å². The molecule has 2 unspecified atom stereocenters. The molecule has 26 heavy (non-hydrogen) atoms. The third-order valence-corrected chi connectivity index (χ3v) is 4.71. The molecule has 2 atom stereocenters. The molecule has 3 rings (SSSR count). The fraction of sp³-hybridized carbons (Fsp3) is 0.381. The minimum atomic E-state index is -0.0832. The van der Waals surface area contributed by atoms with Crippen LogP contribution < -0.4 is 20.1 Å². The number of carbonyl (C=O) groups excluding carboxylic acids is 1. The molecule has 5 nitrogen and oxygen atoms in total. The quantitative estimate of drug-likeness (QED) is 0.802. The molecule has 1 fully saturated rings. The zero-order valence-corrected chi connectivity index (χ0v) is 15.3. The van der Waals surface area contributed by atoms with Crippen LogP contribution in [-0.2, 0) is 11.4 Å². The summed E-state index contributed by atoms with van der Waals surface area (Å²) in [6, 6.07) is 15.7. The van der Waals surface area contributed by atoms with Crippen LogP contribution in [0.1, 0.15) is 30.5 Å². The molecule has 0 aromatic heterocycles. The van der Waals surface area contributed by atoms with Crippen molar-refractivity contribution in [2.75, 3.05) is 20.2 Å². The highest BCUT2D eigenvalue weighted by Gasteiger charge is 2.24. The van der Waals surface area contributed by atoms with Gasteiger partial charge in [0, 0.05) is 6.54 Å². The second-order valence-corrected chi connectivity index (χ2v) is 6.60. The summed E-state index contributed by atoms with van der Waals surface area (Å²) in [7, 11) is 1.63. The van der Waals surface area contributed by atoms with E-state index in [4.69, 9.17) is 9.47 Å². The van der Waals surface area contributed by atoms with Gasteiger partial charge in [0.2, 0.25) is 5.91 Å². The summed E-state index contributed by atoms with van der Waals surface area (Å²) in [5.74, 6) is 1.53. The number of carbonyl (C=O) groups is 1. The maximum atomic E-state index is 12.3. The molecule has 0 bridgehead atoms. The lowest BCUT2D eigenvalue weighted by atomic mass is 10.0. The van der Waals surface area contributed by atoms with E-state index in [0.717, 1.165) is 30.6 Å². The normalized spacial score (nSPS) is 17.5. The van der Waals surface area contributed by atoms with E-state index in [0.29, 0.717) is 18.1 Å². The number of amides is 1. The topological polar surface area (TPSA) is 59.6 Å². The fourth-order valence-electron chi connectivity index (χ4n) is 3.10. The molecule has 2 aromatic rings. The van der Waals surface area contributed by atoms with E-state index in [1.807, 2.05) is 55.5 Å². The van der Waals surface area contributed by atoms with E-state index in [-0.39, 0.29) is 17.9 Å². The fourth-order valence-corrected chi connectivity index (χ4v) is 3.10. The van der Waals surface area contributed by atoms with E-state index in [1.54, 1.807) is 7.11 Å². The van der Waals surface area contributed by atoms with Gasteiger partial charge in [0.1, 0.15) is 6.61 Å². The number of methoxy groups -OCH3 is 1. The molecule has 1 aliphatic rings. The van der Waals surface area contributed by atoms with Gasteiger partial charge < -0.3 is 20.1 Å². The third-order valence-electron chi connectivity index (χ3n) is 4.71. The van der Waals surface area contributed by atoms with Gasteiger partial charge in [-0.3, -0.25) is 4.79 Å². The Balaban J connectivity index is 1.64. The molecule has 5 heteroatoms. The molecule has 1 saturated heterocycles. The van der Waals surface area contributed by atoms with Gasteiger partial charge in [-0.25, -0.2) is 0 Å². The summed E-state index contributed by atoms with van der Waals surface area (Å²) in [5.41, 5.74) is 2.10. The van der Waals surface area contributed by atoms with Crippen molar-refractivity contribution in [2.45, 2.75) is 26.0 Å². The standard InChI is InChI=1S/C21H26N2O3/c1-15(23-21(24)18-10-11-22-13-18)17-8-9-19(20(12-17)25-2)26-14-16-6-4-3-5-7-16/h3-9,12,15,18,22H,10-11,13-14H2,1-2H3,(H,23,24). The van der Waals surface area contributed by atoms with Crippen LogP contribution in [0.25, 0.3) is 0 Å². The highest BCUT2D eigenvalue weighted by Crippen LogP contribution is 2.31. The Labute approximate surface area is 154 Å². The number of nitrogens with one attached hydrogen (secondary N) is 2. The minimum absolute atomic E-state index is 0.0628. The van der Waals surface area contributed by atoms with E-state index in [1.165, 1.54) is 0 Å². The van der Waals surface area contributed by atoms with Crippen LogP contribution in [0, 0.1) is 5.92 Å². The monoisotopic (exact) mass is 354 g/mol. The molecule has 1 heterocycles. The number of benzene rings is 2. The highest BCUT2D eigenvalue weighted by atomic mass is 16.5. The Bertz CT molecular complexity index is 727. The van der Waals surface area contributed by atoms with Gasteiger partial charge in [0.25, 0.3) is 0 Å². The molecule has 2 N–H and O–H groups in total. The summed E-state index contributed by atoms with van der Waals surface area (Å²) in [4.78, 5) is 12.3. The van der Waals surface area contributed by atoms with Crippen molar-refractivity contribution in [2.24, 2.45) is 5.92 Å². The van der Waals surface area contributed by atoms with E-state index in [2.05, 4.69) is 10.6 Å². The Morgan fingerprint density at radius 3 is 2.73 bits per heavy atom. The first kappa shape index (κ1) is 18.3. The molecule has 0 aliphatic carbocycles. The van der Waals surface area contributed by atoms with Crippen LogP contribution in [0.2, 0.25) is 0 Å². The van der Waals surface area contributed by atoms with Gasteiger partial charge >= 0.3 is 0 Å². The molecule has 1 aliphatic heterocycles. The second-order valence-electron chi connectivity index (χ2n) is 6.60. The molecule has 2 aromatic carbocycles. The van der Waals surface area contributed by atoms with Crippen molar-refractivity contribution >= 4 is 5.91 Å². The molecule has 0 radical (unpaired) electrons. The Morgan fingerprint density at radius 1 is 1.23 bits per heavy atom. The van der Waals surface area contributed by atoms with E-state index < -0.39 is 0 Å². The minimum Gasteiger partial charge on any atom is -0.493 e. The lowest BCUT2D eigenvalue weighted by Crippen LogP contribution is -2.33. The Morgan fingerprint density at radius 2 is 2.04 bits per heavy atom. The van der Waals surface area contributed by atoms with Crippen molar-refractivity contribution in [1.29, 1.82) is 0 Å². The molecule has 0 spiro atoms. The first-order valence-electron chi connectivity index (χ1n) is 9.03. The average Bonchev–Trinajstić information content (AvgIpc) is 3.22. The molecule has 0 saturated carbocycles. The summed E-state index contributed by atoms with van der Waals surface area (Å²) >= 11 is 0.